The summed E-state index contributed by atoms with van der Waals surface area (Å²) >= 11 is 0. The highest BCUT2D eigenvalue weighted by molar-refractivity contribution is 5.95. The molecule has 35 heavy (non-hydrogen) atoms. The van der Waals surface area contributed by atoms with Crippen LogP contribution < -0.4 is 20.1 Å². The zero-order chi connectivity index (χ0) is 25.0. The molecule has 0 aliphatic heterocycles. The van der Waals surface area contributed by atoms with Gasteiger partial charge in [-0.1, -0.05) is 0 Å². The van der Waals surface area contributed by atoms with Crippen LogP contribution in [0.3, 0.4) is 0 Å². The molecule has 1 saturated carbocycles. The second-order valence-electron chi connectivity index (χ2n) is 8.34. The van der Waals surface area contributed by atoms with Crippen molar-refractivity contribution in [2.75, 3.05) is 26.3 Å². The fourth-order valence-corrected chi connectivity index (χ4v) is 3.98. The van der Waals surface area contributed by atoms with Crippen LogP contribution in [0, 0.1) is 5.92 Å². The topological polar surface area (TPSA) is 103 Å². The van der Waals surface area contributed by atoms with Crippen molar-refractivity contribution in [2.45, 2.75) is 45.6 Å². The van der Waals surface area contributed by atoms with E-state index in [0.717, 1.165) is 25.7 Å². The maximum Gasteiger partial charge on any atom is 0.308 e. The van der Waals surface area contributed by atoms with Crippen molar-refractivity contribution < 1.29 is 28.6 Å². The van der Waals surface area contributed by atoms with Crippen LogP contribution in [0.2, 0.25) is 0 Å². The Bertz CT molecular complexity index is 966. The smallest absolute Gasteiger partial charge is 0.308 e. The van der Waals surface area contributed by atoms with E-state index in [1.165, 1.54) is 0 Å². The Morgan fingerprint density at radius 1 is 0.743 bits per heavy atom. The molecule has 1 fully saturated rings. The third-order valence-corrected chi connectivity index (χ3v) is 5.84. The van der Waals surface area contributed by atoms with Crippen LogP contribution in [0.15, 0.2) is 48.5 Å². The van der Waals surface area contributed by atoms with Gasteiger partial charge in [0.15, 0.2) is 0 Å². The molecule has 8 nitrogen and oxygen atoms in total. The average molecular weight is 483 g/mol. The summed E-state index contributed by atoms with van der Waals surface area (Å²) in [5.41, 5.74) is 1.05. The van der Waals surface area contributed by atoms with Crippen LogP contribution in [-0.4, -0.2) is 50.2 Å². The van der Waals surface area contributed by atoms with Gasteiger partial charge in [-0.3, -0.25) is 14.4 Å². The highest BCUT2D eigenvalue weighted by Crippen LogP contribution is 2.28. The minimum absolute atomic E-state index is 0.0356. The number of nitrogens with one attached hydrogen (secondary N) is 2. The van der Waals surface area contributed by atoms with Gasteiger partial charge < -0.3 is 24.8 Å². The fraction of sp³-hybridized carbons (Fsp3) is 0.444. The van der Waals surface area contributed by atoms with Crippen LogP contribution in [0.25, 0.3) is 0 Å². The van der Waals surface area contributed by atoms with Gasteiger partial charge in [-0.05, 0) is 88.1 Å². The second kappa shape index (κ2) is 13.4. The number of ether oxygens (including phenoxy) is 3. The maximum atomic E-state index is 12.4. The van der Waals surface area contributed by atoms with Crippen molar-refractivity contribution in [1.82, 2.24) is 10.6 Å². The molecule has 2 N–H and O–H groups in total. The van der Waals surface area contributed by atoms with Gasteiger partial charge in [-0.2, -0.15) is 0 Å². The van der Waals surface area contributed by atoms with Gasteiger partial charge in [0.05, 0.1) is 25.2 Å². The number of hydrogen-bond acceptors (Lipinski definition) is 6. The minimum Gasteiger partial charge on any atom is -0.494 e. The molecule has 0 radical (unpaired) electrons. The van der Waals surface area contributed by atoms with Crippen molar-refractivity contribution in [1.29, 1.82) is 0 Å². The molecule has 1 aliphatic carbocycles. The SMILES string of the molecule is CCOc1ccc(C(=O)NCCNC(=O)c2ccc(O[C@H]3CC[C@H](C(=O)OCC)CC3)cc2)cc1. The molecule has 188 valence electrons. The number of benzene rings is 2. The van der Waals surface area contributed by atoms with E-state index < -0.39 is 0 Å². The summed E-state index contributed by atoms with van der Waals surface area (Å²) in [5.74, 6) is 0.836. The van der Waals surface area contributed by atoms with Gasteiger partial charge in [-0.15, -0.1) is 0 Å². The molecule has 2 aromatic rings. The quantitative estimate of drug-likeness (QED) is 0.374. The van der Waals surface area contributed by atoms with Gasteiger partial charge in [0.2, 0.25) is 0 Å². The van der Waals surface area contributed by atoms with E-state index in [-0.39, 0.29) is 29.8 Å². The standard InChI is InChI=1S/C27H34N2O6/c1-3-33-22-11-5-19(6-12-22)25(30)28-17-18-29-26(31)20-7-13-23(14-8-20)35-24-15-9-21(10-16-24)27(32)34-4-2/h5-8,11-14,21,24H,3-4,9-10,15-18H2,1-2H3,(H,28,30)(H,29,31)/t21-,24-. The summed E-state index contributed by atoms with van der Waals surface area (Å²) in [6.07, 6.45) is 3.18. The third kappa shape index (κ3) is 8.02. The van der Waals surface area contributed by atoms with Crippen molar-refractivity contribution >= 4 is 17.8 Å². The van der Waals surface area contributed by atoms with E-state index in [9.17, 15) is 14.4 Å². The van der Waals surface area contributed by atoms with Crippen LogP contribution in [0.1, 0.15) is 60.2 Å². The highest BCUT2D eigenvalue weighted by atomic mass is 16.5. The van der Waals surface area contributed by atoms with E-state index in [1.54, 1.807) is 48.5 Å². The summed E-state index contributed by atoms with van der Waals surface area (Å²) in [6.45, 7) is 5.32. The second-order valence-corrected chi connectivity index (χ2v) is 8.34. The van der Waals surface area contributed by atoms with Crippen molar-refractivity contribution in [3.63, 3.8) is 0 Å². The average Bonchev–Trinajstić information content (AvgIpc) is 2.88. The Labute approximate surface area is 206 Å². The molecule has 0 aromatic heterocycles. The lowest BCUT2D eigenvalue weighted by Crippen LogP contribution is -2.34. The Hall–Kier alpha value is -3.55. The first-order chi connectivity index (χ1) is 17.0. The molecule has 0 bridgehead atoms. The van der Waals surface area contributed by atoms with Crippen LogP contribution in [0.4, 0.5) is 0 Å². The van der Waals surface area contributed by atoms with E-state index in [0.29, 0.717) is 48.9 Å². The Morgan fingerprint density at radius 3 is 1.74 bits per heavy atom. The number of carbonyl (C=O) groups excluding carboxylic acids is 3. The summed E-state index contributed by atoms with van der Waals surface area (Å²) in [7, 11) is 0. The summed E-state index contributed by atoms with van der Waals surface area (Å²) in [4.78, 5) is 36.5. The third-order valence-electron chi connectivity index (χ3n) is 5.84. The Morgan fingerprint density at radius 2 is 1.26 bits per heavy atom. The summed E-state index contributed by atoms with van der Waals surface area (Å²) < 4.78 is 16.5. The van der Waals surface area contributed by atoms with Crippen LogP contribution in [-0.2, 0) is 9.53 Å². The first kappa shape index (κ1) is 26.1. The van der Waals surface area contributed by atoms with E-state index in [4.69, 9.17) is 14.2 Å². The molecule has 0 saturated heterocycles. The van der Waals surface area contributed by atoms with E-state index in [2.05, 4.69) is 10.6 Å². The number of esters is 1. The molecule has 2 amide bonds. The lowest BCUT2D eigenvalue weighted by atomic mass is 9.87. The molecule has 0 heterocycles. The molecule has 3 rings (SSSR count). The number of amides is 2. The normalized spacial score (nSPS) is 17.2. The predicted molar refractivity (Wildman–Crippen MR) is 132 cm³/mol. The monoisotopic (exact) mass is 482 g/mol. The molecule has 2 aromatic carbocycles. The van der Waals surface area contributed by atoms with Crippen molar-refractivity contribution in [3.05, 3.63) is 59.7 Å². The molecule has 0 unspecified atom stereocenters. The van der Waals surface area contributed by atoms with E-state index in [1.807, 2.05) is 13.8 Å². The van der Waals surface area contributed by atoms with Gasteiger partial charge in [0.1, 0.15) is 11.5 Å². The molecular formula is C27H34N2O6. The lowest BCUT2D eigenvalue weighted by Gasteiger charge is -2.27. The maximum absolute atomic E-state index is 12.4. The van der Waals surface area contributed by atoms with Crippen molar-refractivity contribution in [3.8, 4) is 11.5 Å². The highest BCUT2D eigenvalue weighted by Gasteiger charge is 2.28. The number of hydrogen-bond donors (Lipinski definition) is 2. The molecular weight excluding hydrogens is 448 g/mol. The molecule has 0 spiro atoms. The van der Waals surface area contributed by atoms with Crippen LogP contribution in [0.5, 0.6) is 11.5 Å². The largest absolute Gasteiger partial charge is 0.494 e. The van der Waals surface area contributed by atoms with Crippen molar-refractivity contribution in [2.24, 2.45) is 5.92 Å². The number of rotatable bonds is 11. The van der Waals surface area contributed by atoms with Gasteiger partial charge in [0.25, 0.3) is 11.8 Å². The van der Waals surface area contributed by atoms with Gasteiger partial charge in [-0.25, -0.2) is 0 Å². The zero-order valence-corrected chi connectivity index (χ0v) is 20.4. The fourth-order valence-electron chi connectivity index (χ4n) is 3.98. The number of carbonyl (C=O) groups is 3. The van der Waals surface area contributed by atoms with E-state index >= 15 is 0 Å². The summed E-state index contributed by atoms with van der Waals surface area (Å²) in [5, 5.41) is 5.59. The minimum atomic E-state index is -0.221. The predicted octanol–water partition coefficient (Wildman–Crippen LogP) is 3.75. The summed E-state index contributed by atoms with van der Waals surface area (Å²) in [6, 6.07) is 13.9. The zero-order valence-electron chi connectivity index (χ0n) is 20.4. The van der Waals surface area contributed by atoms with Crippen LogP contribution >= 0.6 is 0 Å². The molecule has 0 atom stereocenters. The Kier molecular flexibility index (Phi) is 9.95. The molecule has 8 heteroatoms. The van der Waals surface area contributed by atoms with Gasteiger partial charge >= 0.3 is 5.97 Å². The van der Waals surface area contributed by atoms with Gasteiger partial charge in [0, 0.05) is 24.2 Å². The Balaban J connectivity index is 1.36. The lowest BCUT2D eigenvalue weighted by molar-refractivity contribution is -0.149. The first-order valence-electron chi connectivity index (χ1n) is 12.2. The first-order valence-corrected chi connectivity index (χ1v) is 12.2. The molecule has 1 aliphatic rings.